The standard InChI is InChI=1S/C9H20N2O3S/c1-8(2)6-15(13,14)7-9(12)11-5-4-10-3/h8,10H,4-7H2,1-3H3,(H,11,12). The summed E-state index contributed by atoms with van der Waals surface area (Å²) >= 11 is 0. The Balaban J connectivity index is 3.95. The van der Waals surface area contributed by atoms with E-state index in [9.17, 15) is 13.2 Å². The van der Waals surface area contributed by atoms with E-state index in [1.165, 1.54) is 0 Å². The molecule has 0 atom stereocenters. The summed E-state index contributed by atoms with van der Waals surface area (Å²) in [4.78, 5) is 11.2. The van der Waals surface area contributed by atoms with Crippen molar-refractivity contribution in [2.75, 3.05) is 31.6 Å². The number of hydrogen-bond acceptors (Lipinski definition) is 4. The number of hydrogen-bond donors (Lipinski definition) is 2. The molecule has 1 amide bonds. The summed E-state index contributed by atoms with van der Waals surface area (Å²) in [6.07, 6.45) is 0. The molecule has 90 valence electrons. The van der Waals surface area contributed by atoms with Gasteiger partial charge in [0.15, 0.2) is 9.84 Å². The summed E-state index contributed by atoms with van der Waals surface area (Å²) < 4.78 is 22.8. The van der Waals surface area contributed by atoms with Gasteiger partial charge in [-0.05, 0) is 13.0 Å². The van der Waals surface area contributed by atoms with Gasteiger partial charge >= 0.3 is 0 Å². The third-order valence-corrected chi connectivity index (χ3v) is 3.51. The normalized spacial score (nSPS) is 11.7. The van der Waals surface area contributed by atoms with Gasteiger partial charge in [0, 0.05) is 13.1 Å². The summed E-state index contributed by atoms with van der Waals surface area (Å²) in [7, 11) is -1.48. The number of rotatable bonds is 7. The maximum atomic E-state index is 11.4. The molecule has 0 saturated carbocycles. The van der Waals surface area contributed by atoms with Crippen molar-refractivity contribution in [2.45, 2.75) is 13.8 Å². The van der Waals surface area contributed by atoms with Crippen molar-refractivity contribution in [1.29, 1.82) is 0 Å². The summed E-state index contributed by atoms with van der Waals surface area (Å²) in [6.45, 7) is 4.72. The van der Waals surface area contributed by atoms with Crippen LogP contribution < -0.4 is 10.6 Å². The highest BCUT2D eigenvalue weighted by molar-refractivity contribution is 7.92. The van der Waals surface area contributed by atoms with Gasteiger partial charge in [0.2, 0.25) is 5.91 Å². The van der Waals surface area contributed by atoms with Crippen molar-refractivity contribution < 1.29 is 13.2 Å². The molecule has 2 N–H and O–H groups in total. The first-order chi connectivity index (χ1) is 6.87. The molecular formula is C9H20N2O3S. The van der Waals surface area contributed by atoms with Crippen LogP contribution in [-0.2, 0) is 14.6 Å². The van der Waals surface area contributed by atoms with Crippen LogP contribution in [0.1, 0.15) is 13.8 Å². The highest BCUT2D eigenvalue weighted by Crippen LogP contribution is 2.00. The maximum absolute atomic E-state index is 11.4. The molecule has 0 aliphatic heterocycles. The summed E-state index contributed by atoms with van der Waals surface area (Å²) in [6, 6.07) is 0. The van der Waals surface area contributed by atoms with Gasteiger partial charge in [0.1, 0.15) is 5.75 Å². The fraction of sp³-hybridized carbons (Fsp3) is 0.889. The van der Waals surface area contributed by atoms with E-state index in [0.29, 0.717) is 13.1 Å². The molecule has 0 heterocycles. The molecule has 0 bridgehead atoms. The molecule has 6 heteroatoms. The van der Waals surface area contributed by atoms with Gasteiger partial charge in [-0.15, -0.1) is 0 Å². The largest absolute Gasteiger partial charge is 0.354 e. The molecule has 0 aliphatic carbocycles. The average molecular weight is 236 g/mol. The third-order valence-electron chi connectivity index (χ3n) is 1.64. The van der Waals surface area contributed by atoms with Gasteiger partial charge in [0.05, 0.1) is 5.75 Å². The molecule has 0 unspecified atom stereocenters. The molecule has 0 aromatic heterocycles. The van der Waals surface area contributed by atoms with Crippen molar-refractivity contribution in [3.8, 4) is 0 Å². The SMILES string of the molecule is CNCCNC(=O)CS(=O)(=O)CC(C)C. The van der Waals surface area contributed by atoms with Crippen LogP contribution in [0.3, 0.4) is 0 Å². The van der Waals surface area contributed by atoms with Crippen LogP contribution in [0.25, 0.3) is 0 Å². The Morgan fingerprint density at radius 1 is 1.27 bits per heavy atom. The van der Waals surface area contributed by atoms with E-state index in [2.05, 4.69) is 10.6 Å². The third kappa shape index (κ3) is 8.38. The van der Waals surface area contributed by atoms with E-state index in [0.717, 1.165) is 0 Å². The minimum atomic E-state index is -3.25. The van der Waals surface area contributed by atoms with E-state index in [-0.39, 0.29) is 11.7 Å². The maximum Gasteiger partial charge on any atom is 0.235 e. The molecular weight excluding hydrogens is 216 g/mol. The second-order valence-electron chi connectivity index (χ2n) is 3.90. The molecule has 0 aliphatic rings. The van der Waals surface area contributed by atoms with Crippen LogP contribution in [0, 0.1) is 5.92 Å². The van der Waals surface area contributed by atoms with Crippen molar-refractivity contribution in [3.63, 3.8) is 0 Å². The lowest BCUT2D eigenvalue weighted by Crippen LogP contribution is -2.35. The van der Waals surface area contributed by atoms with Crippen LogP contribution in [0.4, 0.5) is 0 Å². The highest BCUT2D eigenvalue weighted by atomic mass is 32.2. The zero-order valence-electron chi connectivity index (χ0n) is 9.54. The Labute approximate surface area is 91.5 Å². The quantitative estimate of drug-likeness (QED) is 0.578. The first-order valence-electron chi connectivity index (χ1n) is 4.99. The molecule has 0 aromatic carbocycles. The number of amides is 1. The number of nitrogens with one attached hydrogen (secondary N) is 2. The van der Waals surface area contributed by atoms with Gasteiger partial charge in [-0.3, -0.25) is 4.79 Å². The Morgan fingerprint density at radius 2 is 1.87 bits per heavy atom. The lowest BCUT2D eigenvalue weighted by atomic mass is 10.3. The minimum absolute atomic E-state index is 0.0557. The van der Waals surface area contributed by atoms with E-state index in [1.54, 1.807) is 7.05 Å². The van der Waals surface area contributed by atoms with Crippen molar-refractivity contribution in [3.05, 3.63) is 0 Å². The van der Waals surface area contributed by atoms with E-state index >= 15 is 0 Å². The summed E-state index contributed by atoms with van der Waals surface area (Å²) in [5.41, 5.74) is 0. The van der Waals surface area contributed by atoms with Crippen molar-refractivity contribution >= 4 is 15.7 Å². The zero-order chi connectivity index (χ0) is 11.9. The lowest BCUT2D eigenvalue weighted by Gasteiger charge is -2.07. The highest BCUT2D eigenvalue weighted by Gasteiger charge is 2.17. The van der Waals surface area contributed by atoms with E-state index in [4.69, 9.17) is 0 Å². The van der Waals surface area contributed by atoms with Crippen LogP contribution in [0.2, 0.25) is 0 Å². The van der Waals surface area contributed by atoms with E-state index < -0.39 is 21.5 Å². The Hall–Kier alpha value is -0.620. The number of likely N-dealkylation sites (N-methyl/N-ethyl adjacent to an activating group) is 1. The summed E-state index contributed by atoms with van der Waals surface area (Å²) in [5, 5.41) is 5.39. The zero-order valence-corrected chi connectivity index (χ0v) is 10.4. The van der Waals surface area contributed by atoms with Gasteiger partial charge in [-0.1, -0.05) is 13.8 Å². The Kier molecular flexibility index (Phi) is 6.51. The van der Waals surface area contributed by atoms with Crippen molar-refractivity contribution in [1.82, 2.24) is 10.6 Å². The second kappa shape index (κ2) is 6.79. The topological polar surface area (TPSA) is 75.3 Å². The van der Waals surface area contributed by atoms with Gasteiger partial charge < -0.3 is 10.6 Å². The second-order valence-corrected chi connectivity index (χ2v) is 6.01. The molecule has 0 fully saturated rings. The van der Waals surface area contributed by atoms with Crippen LogP contribution in [-0.4, -0.2) is 46.0 Å². The van der Waals surface area contributed by atoms with Crippen molar-refractivity contribution in [2.24, 2.45) is 5.92 Å². The Bertz CT molecular complexity index is 286. The predicted octanol–water partition coefficient (Wildman–Crippen LogP) is -0.607. The first kappa shape index (κ1) is 14.4. The van der Waals surface area contributed by atoms with Crippen LogP contribution >= 0.6 is 0 Å². The number of carbonyl (C=O) groups excluding carboxylic acids is 1. The predicted molar refractivity (Wildman–Crippen MR) is 60.4 cm³/mol. The minimum Gasteiger partial charge on any atom is -0.354 e. The average Bonchev–Trinajstić information content (AvgIpc) is 2.00. The van der Waals surface area contributed by atoms with Gasteiger partial charge in [0.25, 0.3) is 0 Å². The molecule has 0 saturated heterocycles. The number of carbonyl (C=O) groups is 1. The fourth-order valence-electron chi connectivity index (χ4n) is 1.14. The van der Waals surface area contributed by atoms with Gasteiger partial charge in [-0.25, -0.2) is 8.42 Å². The molecule has 0 spiro atoms. The van der Waals surface area contributed by atoms with Crippen LogP contribution in [0.5, 0.6) is 0 Å². The smallest absolute Gasteiger partial charge is 0.235 e. The molecule has 0 aromatic rings. The fourth-order valence-corrected chi connectivity index (χ4v) is 2.78. The lowest BCUT2D eigenvalue weighted by molar-refractivity contribution is -0.118. The molecule has 0 rings (SSSR count). The summed E-state index contributed by atoms with van der Waals surface area (Å²) in [5.74, 6) is -0.715. The first-order valence-corrected chi connectivity index (χ1v) is 6.81. The Morgan fingerprint density at radius 3 is 2.33 bits per heavy atom. The molecule has 15 heavy (non-hydrogen) atoms. The van der Waals surface area contributed by atoms with Crippen LogP contribution in [0.15, 0.2) is 0 Å². The molecule has 5 nitrogen and oxygen atoms in total. The molecule has 0 radical (unpaired) electrons. The number of sulfone groups is 1. The monoisotopic (exact) mass is 236 g/mol. The van der Waals surface area contributed by atoms with E-state index in [1.807, 2.05) is 13.8 Å². The van der Waals surface area contributed by atoms with Gasteiger partial charge in [-0.2, -0.15) is 0 Å².